The molecule has 0 aliphatic carbocycles. The number of hydrogen-bond acceptors (Lipinski definition) is 7. The van der Waals surface area contributed by atoms with Crippen molar-refractivity contribution in [3.8, 4) is 28.8 Å². The molecule has 2 heterocycles. The number of nitrogens with zero attached hydrogens (tertiary/aromatic N) is 4. The van der Waals surface area contributed by atoms with Gasteiger partial charge in [0.2, 0.25) is 11.7 Å². The molecule has 8 nitrogen and oxygen atoms in total. The molecule has 0 N–H and O–H groups in total. The molecule has 0 saturated heterocycles. The van der Waals surface area contributed by atoms with Crippen LogP contribution in [0, 0.1) is 0 Å². The van der Waals surface area contributed by atoms with Crippen LogP contribution < -0.4 is 14.4 Å². The Morgan fingerprint density at radius 2 is 1.59 bits per heavy atom. The SMILES string of the molecule is COc1ccc(OC)c(-n2c(SCC(=O)N(c3ccccc3)c3ccccc3)nnc2-c2ccco2)c1. The second-order valence-electron chi connectivity index (χ2n) is 7.85. The molecular formula is C28H24N4O4S. The van der Waals surface area contributed by atoms with Crippen LogP contribution in [0.25, 0.3) is 17.3 Å². The van der Waals surface area contributed by atoms with Crippen molar-refractivity contribution < 1.29 is 18.7 Å². The number of amides is 1. The van der Waals surface area contributed by atoms with Gasteiger partial charge in [0, 0.05) is 17.4 Å². The highest BCUT2D eigenvalue weighted by Crippen LogP contribution is 2.35. The Labute approximate surface area is 218 Å². The Morgan fingerprint density at radius 3 is 2.19 bits per heavy atom. The minimum absolute atomic E-state index is 0.103. The molecule has 186 valence electrons. The number of furan rings is 1. The Balaban J connectivity index is 1.52. The van der Waals surface area contributed by atoms with Crippen LogP contribution in [0.4, 0.5) is 11.4 Å². The van der Waals surface area contributed by atoms with Crippen LogP contribution in [0.3, 0.4) is 0 Å². The van der Waals surface area contributed by atoms with E-state index in [2.05, 4.69) is 10.2 Å². The normalized spacial score (nSPS) is 10.8. The number of carbonyl (C=O) groups is 1. The molecule has 5 aromatic rings. The van der Waals surface area contributed by atoms with E-state index in [1.807, 2.05) is 83.4 Å². The van der Waals surface area contributed by atoms with E-state index in [9.17, 15) is 4.79 Å². The fourth-order valence-electron chi connectivity index (χ4n) is 3.90. The average Bonchev–Trinajstić information content (AvgIpc) is 3.63. The first-order valence-corrected chi connectivity index (χ1v) is 12.5. The molecule has 37 heavy (non-hydrogen) atoms. The third-order valence-corrected chi connectivity index (χ3v) is 6.52. The van der Waals surface area contributed by atoms with Crippen molar-refractivity contribution in [2.24, 2.45) is 0 Å². The summed E-state index contributed by atoms with van der Waals surface area (Å²) in [5, 5.41) is 9.29. The van der Waals surface area contributed by atoms with E-state index in [-0.39, 0.29) is 11.7 Å². The maximum atomic E-state index is 13.6. The van der Waals surface area contributed by atoms with E-state index in [4.69, 9.17) is 13.9 Å². The molecule has 0 fully saturated rings. The zero-order chi connectivity index (χ0) is 25.6. The number of aromatic nitrogens is 3. The van der Waals surface area contributed by atoms with Gasteiger partial charge >= 0.3 is 0 Å². The second kappa shape index (κ2) is 11.0. The lowest BCUT2D eigenvalue weighted by molar-refractivity contribution is -0.115. The number of carbonyl (C=O) groups excluding carboxylic acids is 1. The van der Waals surface area contributed by atoms with E-state index in [0.29, 0.717) is 33.9 Å². The zero-order valence-electron chi connectivity index (χ0n) is 20.3. The number of methoxy groups -OCH3 is 2. The molecule has 0 aliphatic rings. The van der Waals surface area contributed by atoms with Gasteiger partial charge in [0.15, 0.2) is 10.9 Å². The zero-order valence-corrected chi connectivity index (χ0v) is 21.1. The summed E-state index contributed by atoms with van der Waals surface area (Å²) >= 11 is 1.28. The lowest BCUT2D eigenvalue weighted by Crippen LogP contribution is -2.27. The summed E-state index contributed by atoms with van der Waals surface area (Å²) in [7, 11) is 3.19. The molecule has 1 amide bonds. The Kier molecular flexibility index (Phi) is 7.23. The van der Waals surface area contributed by atoms with Gasteiger partial charge in [0.05, 0.1) is 31.9 Å². The van der Waals surface area contributed by atoms with Gasteiger partial charge in [0.25, 0.3) is 0 Å². The topological polar surface area (TPSA) is 82.6 Å². The van der Waals surface area contributed by atoms with Crippen LogP contribution in [-0.4, -0.2) is 40.6 Å². The number of anilines is 2. The highest BCUT2D eigenvalue weighted by atomic mass is 32.2. The molecule has 0 spiro atoms. The largest absolute Gasteiger partial charge is 0.497 e. The number of hydrogen-bond donors (Lipinski definition) is 0. The summed E-state index contributed by atoms with van der Waals surface area (Å²) < 4.78 is 18.5. The lowest BCUT2D eigenvalue weighted by atomic mass is 10.2. The van der Waals surface area contributed by atoms with Crippen molar-refractivity contribution >= 4 is 29.0 Å². The van der Waals surface area contributed by atoms with Crippen LogP contribution in [-0.2, 0) is 4.79 Å². The first-order valence-electron chi connectivity index (χ1n) is 11.5. The fourth-order valence-corrected chi connectivity index (χ4v) is 4.69. The van der Waals surface area contributed by atoms with Crippen LogP contribution in [0.15, 0.2) is 107 Å². The molecule has 0 saturated carbocycles. The molecule has 5 rings (SSSR count). The molecular weight excluding hydrogens is 488 g/mol. The van der Waals surface area contributed by atoms with E-state index in [1.54, 1.807) is 37.5 Å². The molecule has 3 aromatic carbocycles. The quantitative estimate of drug-likeness (QED) is 0.224. The summed E-state index contributed by atoms with van der Waals surface area (Å²) in [5.74, 6) is 2.26. The minimum atomic E-state index is -0.103. The van der Waals surface area contributed by atoms with E-state index < -0.39 is 0 Å². The highest BCUT2D eigenvalue weighted by molar-refractivity contribution is 7.99. The van der Waals surface area contributed by atoms with Crippen LogP contribution >= 0.6 is 11.8 Å². The monoisotopic (exact) mass is 512 g/mol. The van der Waals surface area contributed by atoms with Gasteiger partial charge in [-0.15, -0.1) is 10.2 Å². The maximum Gasteiger partial charge on any atom is 0.242 e. The summed E-state index contributed by atoms with van der Waals surface area (Å²) in [6.45, 7) is 0. The van der Waals surface area contributed by atoms with Crippen LogP contribution in [0.2, 0.25) is 0 Å². The lowest BCUT2D eigenvalue weighted by Gasteiger charge is -2.23. The van der Waals surface area contributed by atoms with Gasteiger partial charge in [-0.3, -0.25) is 14.3 Å². The van der Waals surface area contributed by atoms with Crippen molar-refractivity contribution in [3.63, 3.8) is 0 Å². The van der Waals surface area contributed by atoms with Gasteiger partial charge in [-0.25, -0.2) is 0 Å². The van der Waals surface area contributed by atoms with E-state index in [0.717, 1.165) is 11.4 Å². The third kappa shape index (κ3) is 5.07. The van der Waals surface area contributed by atoms with Crippen molar-refractivity contribution in [3.05, 3.63) is 97.3 Å². The average molecular weight is 513 g/mol. The van der Waals surface area contributed by atoms with Gasteiger partial charge in [-0.05, 0) is 48.5 Å². The summed E-state index contributed by atoms with van der Waals surface area (Å²) in [6.07, 6.45) is 1.57. The Morgan fingerprint density at radius 1 is 0.892 bits per heavy atom. The van der Waals surface area contributed by atoms with E-state index >= 15 is 0 Å². The summed E-state index contributed by atoms with van der Waals surface area (Å²) in [6, 6.07) is 28.2. The molecule has 9 heteroatoms. The van der Waals surface area contributed by atoms with Gasteiger partial charge in [-0.1, -0.05) is 48.2 Å². The predicted octanol–water partition coefficient (Wildman–Crippen LogP) is 6.00. The summed E-state index contributed by atoms with van der Waals surface area (Å²) in [5.41, 5.74) is 2.23. The van der Waals surface area contributed by atoms with Crippen molar-refractivity contribution in [1.29, 1.82) is 0 Å². The van der Waals surface area contributed by atoms with Gasteiger partial charge < -0.3 is 13.9 Å². The minimum Gasteiger partial charge on any atom is -0.497 e. The Hall–Kier alpha value is -4.50. The van der Waals surface area contributed by atoms with Gasteiger partial charge in [-0.2, -0.15) is 0 Å². The van der Waals surface area contributed by atoms with Crippen molar-refractivity contribution in [2.75, 3.05) is 24.9 Å². The number of benzene rings is 3. The molecule has 0 radical (unpaired) electrons. The first-order chi connectivity index (χ1) is 18.2. The smallest absolute Gasteiger partial charge is 0.242 e. The molecule has 0 unspecified atom stereocenters. The highest BCUT2D eigenvalue weighted by Gasteiger charge is 2.24. The fraction of sp³-hybridized carbons (Fsp3) is 0.107. The van der Waals surface area contributed by atoms with Crippen molar-refractivity contribution in [1.82, 2.24) is 14.8 Å². The molecule has 0 atom stereocenters. The van der Waals surface area contributed by atoms with Crippen LogP contribution in [0.1, 0.15) is 0 Å². The molecule has 2 aromatic heterocycles. The maximum absolute atomic E-state index is 13.6. The second-order valence-corrected chi connectivity index (χ2v) is 8.79. The number of para-hydroxylation sites is 2. The van der Waals surface area contributed by atoms with Gasteiger partial charge in [0.1, 0.15) is 11.5 Å². The first kappa shape index (κ1) is 24.2. The predicted molar refractivity (Wildman–Crippen MR) is 143 cm³/mol. The van der Waals surface area contributed by atoms with E-state index in [1.165, 1.54) is 11.8 Å². The summed E-state index contributed by atoms with van der Waals surface area (Å²) in [4.78, 5) is 15.3. The molecule has 0 bridgehead atoms. The number of thioether (sulfide) groups is 1. The molecule has 0 aliphatic heterocycles. The third-order valence-electron chi connectivity index (χ3n) is 5.60. The Bertz CT molecular complexity index is 1430. The number of ether oxygens (including phenoxy) is 2. The van der Waals surface area contributed by atoms with Crippen LogP contribution in [0.5, 0.6) is 11.5 Å². The van der Waals surface area contributed by atoms with Crippen molar-refractivity contribution in [2.45, 2.75) is 5.16 Å². The number of rotatable bonds is 9. The standard InChI is InChI=1S/C28H24N4O4S/c1-34-22-15-16-24(35-2)23(18-22)32-27(25-14-9-17-36-25)29-30-28(32)37-19-26(33)31(20-10-5-3-6-11-20)21-12-7-4-8-13-21/h3-18H,19H2,1-2H3.